The Bertz CT molecular complexity index is 700. The maximum atomic E-state index is 12.5. The molecule has 2 aromatic rings. The first kappa shape index (κ1) is 16.1. The van der Waals surface area contributed by atoms with E-state index in [1.54, 1.807) is 17.7 Å². The van der Waals surface area contributed by atoms with Crippen LogP contribution in [0, 0.1) is 5.41 Å². The van der Waals surface area contributed by atoms with Crippen LogP contribution in [0.1, 0.15) is 20.8 Å². The first-order valence-corrected chi connectivity index (χ1v) is 8.73. The molecule has 124 valence electrons. The summed E-state index contributed by atoms with van der Waals surface area (Å²) in [5, 5.41) is 2.03. The average molecular weight is 333 g/mol. The number of aromatic nitrogens is 2. The summed E-state index contributed by atoms with van der Waals surface area (Å²) in [4.78, 5) is 25.3. The van der Waals surface area contributed by atoms with Crippen molar-refractivity contribution < 1.29 is 4.79 Å². The van der Waals surface area contributed by atoms with Crippen LogP contribution in [0.25, 0.3) is 10.2 Å². The van der Waals surface area contributed by atoms with Crippen molar-refractivity contribution in [1.29, 1.82) is 0 Å². The van der Waals surface area contributed by atoms with Crippen molar-refractivity contribution in [3.05, 3.63) is 17.8 Å². The topological polar surface area (TPSA) is 75.4 Å². The Balaban J connectivity index is 1.69. The van der Waals surface area contributed by atoms with Gasteiger partial charge in [0.15, 0.2) is 0 Å². The van der Waals surface area contributed by atoms with Crippen molar-refractivity contribution in [3.63, 3.8) is 0 Å². The molecule has 1 saturated heterocycles. The molecule has 7 heteroatoms. The molecule has 0 unspecified atom stereocenters. The van der Waals surface area contributed by atoms with Gasteiger partial charge in [-0.05, 0) is 16.9 Å². The lowest BCUT2D eigenvalue weighted by molar-refractivity contribution is -0.135. The van der Waals surface area contributed by atoms with Crippen molar-refractivity contribution in [2.24, 2.45) is 11.1 Å². The number of anilines is 1. The normalized spacial score (nSPS) is 17.6. The van der Waals surface area contributed by atoms with Crippen LogP contribution in [0.3, 0.4) is 0 Å². The van der Waals surface area contributed by atoms with Crippen LogP contribution in [0.15, 0.2) is 17.8 Å². The minimum Gasteiger partial charge on any atom is -0.352 e. The molecule has 2 aromatic heterocycles. The quantitative estimate of drug-likeness (QED) is 0.905. The molecule has 0 radical (unpaired) electrons. The summed E-state index contributed by atoms with van der Waals surface area (Å²) in [5.41, 5.74) is 6.87. The Hall–Kier alpha value is -1.73. The molecule has 1 fully saturated rings. The fraction of sp³-hybridized carbons (Fsp3) is 0.562. The number of piperazine rings is 1. The van der Waals surface area contributed by atoms with Gasteiger partial charge in [0.05, 0.1) is 16.3 Å². The van der Waals surface area contributed by atoms with E-state index in [9.17, 15) is 4.79 Å². The Kier molecular flexibility index (Phi) is 4.25. The third-order valence-electron chi connectivity index (χ3n) is 4.31. The number of hydrogen-bond donors (Lipinski definition) is 1. The molecule has 3 rings (SSSR count). The minimum atomic E-state index is -0.461. The van der Waals surface area contributed by atoms with Gasteiger partial charge in [-0.2, -0.15) is 0 Å². The zero-order valence-corrected chi connectivity index (χ0v) is 14.6. The van der Waals surface area contributed by atoms with Crippen molar-refractivity contribution in [2.45, 2.75) is 26.8 Å². The third-order valence-corrected chi connectivity index (χ3v) is 5.21. The van der Waals surface area contributed by atoms with E-state index in [4.69, 9.17) is 5.73 Å². The number of nitrogens with zero attached hydrogens (tertiary/aromatic N) is 4. The highest BCUT2D eigenvalue weighted by molar-refractivity contribution is 7.17. The van der Waals surface area contributed by atoms with E-state index in [1.165, 1.54) is 0 Å². The molecule has 2 N–H and O–H groups in total. The van der Waals surface area contributed by atoms with Gasteiger partial charge in [-0.3, -0.25) is 4.79 Å². The van der Waals surface area contributed by atoms with Crippen LogP contribution in [0.4, 0.5) is 5.82 Å². The van der Waals surface area contributed by atoms with E-state index in [-0.39, 0.29) is 11.3 Å². The van der Waals surface area contributed by atoms with Crippen LogP contribution in [0.2, 0.25) is 0 Å². The Morgan fingerprint density at radius 1 is 1.26 bits per heavy atom. The minimum absolute atomic E-state index is 0.0427. The molecule has 23 heavy (non-hydrogen) atoms. The first-order valence-electron chi connectivity index (χ1n) is 7.85. The molecule has 1 aliphatic rings. The summed E-state index contributed by atoms with van der Waals surface area (Å²) in [5.74, 6) is 1.01. The van der Waals surface area contributed by atoms with E-state index < -0.39 is 6.04 Å². The van der Waals surface area contributed by atoms with Crippen LogP contribution in [0.5, 0.6) is 0 Å². The molecule has 0 aliphatic carbocycles. The second kappa shape index (κ2) is 6.05. The molecule has 1 atom stereocenters. The largest absolute Gasteiger partial charge is 0.352 e. The number of rotatable bonds is 2. The van der Waals surface area contributed by atoms with E-state index in [1.807, 2.05) is 37.1 Å². The number of nitrogens with two attached hydrogens (primary N) is 1. The standard InChI is InChI=1S/C16H23N5OS/c1-16(2,3)13(17)15(22)21-7-5-20(6-8-21)14-12-11(4-9-23-12)18-10-19-14/h4,9-10,13H,5-8,17H2,1-3H3/t13-/m1/s1. The highest BCUT2D eigenvalue weighted by atomic mass is 32.1. The molecule has 0 aromatic carbocycles. The van der Waals surface area contributed by atoms with Gasteiger partial charge in [0.25, 0.3) is 0 Å². The van der Waals surface area contributed by atoms with Crippen molar-refractivity contribution in [2.75, 3.05) is 31.1 Å². The molecular formula is C16H23N5OS. The molecule has 0 saturated carbocycles. The highest BCUT2D eigenvalue weighted by Gasteiger charge is 2.33. The van der Waals surface area contributed by atoms with Gasteiger partial charge in [-0.15, -0.1) is 11.3 Å². The summed E-state index contributed by atoms with van der Waals surface area (Å²) in [6.45, 7) is 8.90. The van der Waals surface area contributed by atoms with E-state index in [0.717, 1.165) is 29.1 Å². The first-order chi connectivity index (χ1) is 10.9. The van der Waals surface area contributed by atoms with Crippen LogP contribution < -0.4 is 10.6 Å². The third kappa shape index (κ3) is 3.16. The Labute approximate surface area is 140 Å². The smallest absolute Gasteiger partial charge is 0.240 e. The average Bonchev–Trinajstić information content (AvgIpc) is 3.01. The van der Waals surface area contributed by atoms with Gasteiger partial charge in [0, 0.05) is 26.2 Å². The summed E-state index contributed by atoms with van der Waals surface area (Å²) in [7, 11) is 0. The van der Waals surface area contributed by atoms with Crippen molar-refractivity contribution in [1.82, 2.24) is 14.9 Å². The number of fused-ring (bicyclic) bond motifs is 1. The summed E-state index contributed by atoms with van der Waals surface area (Å²) < 4.78 is 1.11. The van der Waals surface area contributed by atoms with E-state index in [0.29, 0.717) is 13.1 Å². The Morgan fingerprint density at radius 2 is 1.96 bits per heavy atom. The highest BCUT2D eigenvalue weighted by Crippen LogP contribution is 2.28. The molecule has 1 aliphatic heterocycles. The lowest BCUT2D eigenvalue weighted by Crippen LogP contribution is -2.56. The maximum Gasteiger partial charge on any atom is 0.240 e. The maximum absolute atomic E-state index is 12.5. The fourth-order valence-corrected chi connectivity index (χ4v) is 3.57. The second-order valence-electron chi connectivity index (χ2n) is 6.99. The monoisotopic (exact) mass is 333 g/mol. The van der Waals surface area contributed by atoms with Gasteiger partial charge >= 0.3 is 0 Å². The Morgan fingerprint density at radius 3 is 2.61 bits per heavy atom. The molecule has 3 heterocycles. The molecular weight excluding hydrogens is 310 g/mol. The van der Waals surface area contributed by atoms with Crippen molar-refractivity contribution >= 4 is 33.3 Å². The zero-order chi connectivity index (χ0) is 16.6. The van der Waals surface area contributed by atoms with Gasteiger partial charge in [0.1, 0.15) is 12.1 Å². The number of hydrogen-bond acceptors (Lipinski definition) is 6. The number of amides is 1. The predicted molar refractivity (Wildman–Crippen MR) is 93.6 cm³/mol. The SMILES string of the molecule is CC(C)(C)[C@H](N)C(=O)N1CCN(c2ncnc3ccsc23)CC1. The lowest BCUT2D eigenvalue weighted by atomic mass is 9.86. The van der Waals surface area contributed by atoms with Gasteiger partial charge in [-0.25, -0.2) is 9.97 Å². The van der Waals surface area contributed by atoms with Gasteiger partial charge in [-0.1, -0.05) is 20.8 Å². The molecule has 1 amide bonds. The van der Waals surface area contributed by atoms with E-state index in [2.05, 4.69) is 14.9 Å². The zero-order valence-electron chi connectivity index (χ0n) is 13.8. The lowest BCUT2D eigenvalue weighted by Gasteiger charge is -2.38. The fourth-order valence-electron chi connectivity index (χ4n) is 2.71. The molecule has 0 spiro atoms. The second-order valence-corrected chi connectivity index (χ2v) is 7.90. The number of carbonyl (C=O) groups is 1. The number of thiophene rings is 1. The summed E-state index contributed by atoms with van der Waals surface area (Å²) >= 11 is 1.66. The van der Waals surface area contributed by atoms with Gasteiger partial charge in [0.2, 0.25) is 5.91 Å². The van der Waals surface area contributed by atoms with Crippen LogP contribution >= 0.6 is 11.3 Å². The predicted octanol–water partition coefficient (Wildman–Crippen LogP) is 1.71. The number of carbonyl (C=O) groups excluding carboxylic acids is 1. The van der Waals surface area contributed by atoms with Crippen molar-refractivity contribution in [3.8, 4) is 0 Å². The molecule has 6 nitrogen and oxygen atoms in total. The molecule has 0 bridgehead atoms. The summed E-state index contributed by atoms with van der Waals surface area (Å²) in [6.07, 6.45) is 1.61. The van der Waals surface area contributed by atoms with E-state index >= 15 is 0 Å². The summed E-state index contributed by atoms with van der Waals surface area (Å²) in [6, 6.07) is 1.55. The van der Waals surface area contributed by atoms with Crippen LogP contribution in [-0.2, 0) is 4.79 Å². The van der Waals surface area contributed by atoms with Crippen LogP contribution in [-0.4, -0.2) is 53.0 Å². The van der Waals surface area contributed by atoms with Gasteiger partial charge < -0.3 is 15.5 Å².